The van der Waals surface area contributed by atoms with Gasteiger partial charge < -0.3 is 5.32 Å². The van der Waals surface area contributed by atoms with Gasteiger partial charge in [-0.05, 0) is 38.8 Å². The molecule has 1 unspecified atom stereocenters. The summed E-state index contributed by atoms with van der Waals surface area (Å²) in [6.07, 6.45) is 0. The number of benzene rings is 1. The van der Waals surface area contributed by atoms with Gasteiger partial charge in [-0.15, -0.1) is 0 Å². The van der Waals surface area contributed by atoms with E-state index in [-0.39, 0.29) is 0 Å². The third-order valence-electron chi connectivity index (χ3n) is 2.58. The van der Waals surface area contributed by atoms with Gasteiger partial charge in [-0.25, -0.2) is 0 Å². The van der Waals surface area contributed by atoms with Crippen molar-refractivity contribution in [3.05, 3.63) is 34.9 Å². The molecule has 1 aromatic rings. The van der Waals surface area contributed by atoms with Crippen LogP contribution in [0.15, 0.2) is 18.2 Å². The second-order valence-corrected chi connectivity index (χ2v) is 4.94. The molecule has 0 aliphatic carbocycles. The molecule has 0 aliphatic heterocycles. The minimum absolute atomic E-state index is 0.450. The van der Waals surface area contributed by atoms with Gasteiger partial charge in [0.15, 0.2) is 0 Å². The molecule has 1 rings (SSSR count). The number of nitrogens with one attached hydrogen (secondary N) is 1. The van der Waals surface area contributed by atoms with Crippen LogP contribution in [0.1, 0.15) is 43.5 Å². The van der Waals surface area contributed by atoms with Crippen molar-refractivity contribution in [3.63, 3.8) is 0 Å². The summed E-state index contributed by atoms with van der Waals surface area (Å²) in [4.78, 5) is 0. The summed E-state index contributed by atoms with van der Waals surface area (Å²) in [6.45, 7) is 12.1. The van der Waals surface area contributed by atoms with Crippen LogP contribution in [0.3, 0.4) is 0 Å². The molecule has 0 fully saturated rings. The fourth-order valence-electron chi connectivity index (χ4n) is 1.79. The Morgan fingerprint density at radius 2 is 1.53 bits per heavy atom. The van der Waals surface area contributed by atoms with Crippen LogP contribution in [0, 0.1) is 19.8 Å². The van der Waals surface area contributed by atoms with Crippen molar-refractivity contribution in [2.24, 2.45) is 5.92 Å². The Balaban J connectivity index is 2.68. The maximum atomic E-state index is 3.55. The zero-order chi connectivity index (χ0) is 11.4. The number of rotatable bonds is 4. The van der Waals surface area contributed by atoms with Crippen LogP contribution in [-0.2, 0) is 0 Å². The molecular weight excluding hydrogens is 182 g/mol. The Kier molecular flexibility index (Phi) is 4.34. The first kappa shape index (κ1) is 12.3. The van der Waals surface area contributed by atoms with Crippen LogP contribution < -0.4 is 5.32 Å². The van der Waals surface area contributed by atoms with Gasteiger partial charge in [0.2, 0.25) is 0 Å². The maximum Gasteiger partial charge on any atom is 0.0292 e. The summed E-state index contributed by atoms with van der Waals surface area (Å²) >= 11 is 0. The minimum atomic E-state index is 0.450. The Morgan fingerprint density at radius 1 is 1.00 bits per heavy atom. The first-order valence-corrected chi connectivity index (χ1v) is 5.80. The van der Waals surface area contributed by atoms with E-state index in [2.05, 4.69) is 58.1 Å². The zero-order valence-corrected chi connectivity index (χ0v) is 10.6. The molecule has 0 heterocycles. The molecule has 1 atom stereocenters. The molecular formula is C14H23N. The van der Waals surface area contributed by atoms with Gasteiger partial charge in [0.25, 0.3) is 0 Å². The van der Waals surface area contributed by atoms with Crippen LogP contribution in [-0.4, -0.2) is 6.54 Å². The quantitative estimate of drug-likeness (QED) is 0.791. The monoisotopic (exact) mass is 205 g/mol. The highest BCUT2D eigenvalue weighted by Gasteiger charge is 2.06. The molecule has 0 bridgehead atoms. The van der Waals surface area contributed by atoms with E-state index in [0.717, 1.165) is 6.54 Å². The van der Waals surface area contributed by atoms with Crippen LogP contribution in [0.2, 0.25) is 0 Å². The zero-order valence-electron chi connectivity index (χ0n) is 10.6. The number of aryl methyl sites for hydroxylation is 2. The second-order valence-electron chi connectivity index (χ2n) is 4.94. The molecule has 1 heteroatoms. The molecule has 1 N–H and O–H groups in total. The lowest BCUT2D eigenvalue weighted by atomic mass is 10.0. The fraction of sp³-hybridized carbons (Fsp3) is 0.571. The predicted octanol–water partition coefficient (Wildman–Crippen LogP) is 3.61. The minimum Gasteiger partial charge on any atom is -0.310 e. The Hall–Kier alpha value is -0.820. The molecule has 0 aliphatic rings. The lowest BCUT2D eigenvalue weighted by molar-refractivity contribution is 0.496. The van der Waals surface area contributed by atoms with Crippen molar-refractivity contribution >= 4 is 0 Å². The van der Waals surface area contributed by atoms with Crippen LogP contribution in [0.4, 0.5) is 0 Å². The van der Waals surface area contributed by atoms with Crippen molar-refractivity contribution in [2.45, 2.75) is 40.7 Å². The second kappa shape index (κ2) is 5.32. The van der Waals surface area contributed by atoms with Crippen molar-refractivity contribution in [2.75, 3.05) is 6.54 Å². The molecule has 0 spiro atoms. The van der Waals surface area contributed by atoms with Gasteiger partial charge in [0, 0.05) is 6.04 Å². The summed E-state index contributed by atoms with van der Waals surface area (Å²) in [5.41, 5.74) is 4.10. The van der Waals surface area contributed by atoms with Crippen molar-refractivity contribution in [1.29, 1.82) is 0 Å². The third-order valence-corrected chi connectivity index (χ3v) is 2.58. The van der Waals surface area contributed by atoms with E-state index in [9.17, 15) is 0 Å². The third kappa shape index (κ3) is 4.05. The smallest absolute Gasteiger partial charge is 0.0292 e. The van der Waals surface area contributed by atoms with Crippen LogP contribution >= 0.6 is 0 Å². The maximum absolute atomic E-state index is 3.55. The molecule has 0 saturated carbocycles. The first-order valence-electron chi connectivity index (χ1n) is 5.80. The standard InChI is InChI=1S/C14H23N/c1-10(2)9-15-13(5)14-7-11(3)6-12(4)8-14/h6-8,10,13,15H,9H2,1-5H3. The van der Waals surface area contributed by atoms with E-state index in [1.165, 1.54) is 16.7 Å². The van der Waals surface area contributed by atoms with Crippen LogP contribution in [0.25, 0.3) is 0 Å². The Bertz CT molecular complexity index is 295. The molecule has 0 radical (unpaired) electrons. The SMILES string of the molecule is Cc1cc(C)cc(C(C)NCC(C)C)c1. The molecule has 84 valence electrons. The van der Waals surface area contributed by atoms with E-state index in [0.29, 0.717) is 12.0 Å². The summed E-state index contributed by atoms with van der Waals surface area (Å²) in [5.74, 6) is 0.707. The molecule has 0 saturated heterocycles. The van der Waals surface area contributed by atoms with Crippen molar-refractivity contribution < 1.29 is 0 Å². The lowest BCUT2D eigenvalue weighted by Gasteiger charge is -2.17. The van der Waals surface area contributed by atoms with E-state index in [1.807, 2.05) is 0 Å². The molecule has 0 amide bonds. The summed E-state index contributed by atoms with van der Waals surface area (Å²) in [6, 6.07) is 7.21. The van der Waals surface area contributed by atoms with E-state index in [4.69, 9.17) is 0 Å². The Labute approximate surface area is 93.9 Å². The van der Waals surface area contributed by atoms with Crippen molar-refractivity contribution in [1.82, 2.24) is 5.32 Å². The molecule has 0 aromatic heterocycles. The Morgan fingerprint density at radius 3 is 2.00 bits per heavy atom. The van der Waals surface area contributed by atoms with E-state index in [1.54, 1.807) is 0 Å². The highest BCUT2D eigenvalue weighted by atomic mass is 14.9. The number of hydrogen-bond acceptors (Lipinski definition) is 1. The predicted molar refractivity (Wildman–Crippen MR) is 67.2 cm³/mol. The van der Waals surface area contributed by atoms with Gasteiger partial charge in [0.05, 0.1) is 0 Å². The first-order chi connectivity index (χ1) is 6.99. The molecule has 1 nitrogen and oxygen atoms in total. The molecule has 15 heavy (non-hydrogen) atoms. The van der Waals surface area contributed by atoms with Gasteiger partial charge in [-0.1, -0.05) is 43.2 Å². The molecule has 1 aromatic carbocycles. The van der Waals surface area contributed by atoms with Gasteiger partial charge in [-0.3, -0.25) is 0 Å². The van der Waals surface area contributed by atoms with Crippen LogP contribution in [0.5, 0.6) is 0 Å². The van der Waals surface area contributed by atoms with E-state index >= 15 is 0 Å². The lowest BCUT2D eigenvalue weighted by Crippen LogP contribution is -2.23. The van der Waals surface area contributed by atoms with Gasteiger partial charge in [0.1, 0.15) is 0 Å². The average Bonchev–Trinajstić information content (AvgIpc) is 2.12. The highest BCUT2D eigenvalue weighted by molar-refractivity contribution is 5.30. The number of hydrogen-bond donors (Lipinski definition) is 1. The summed E-state index contributed by atoms with van der Waals surface area (Å²) < 4.78 is 0. The highest BCUT2D eigenvalue weighted by Crippen LogP contribution is 2.16. The average molecular weight is 205 g/mol. The van der Waals surface area contributed by atoms with E-state index < -0.39 is 0 Å². The largest absolute Gasteiger partial charge is 0.310 e. The summed E-state index contributed by atoms with van der Waals surface area (Å²) in [5, 5.41) is 3.55. The summed E-state index contributed by atoms with van der Waals surface area (Å²) in [7, 11) is 0. The van der Waals surface area contributed by atoms with Gasteiger partial charge in [-0.2, -0.15) is 0 Å². The van der Waals surface area contributed by atoms with Gasteiger partial charge >= 0.3 is 0 Å². The normalized spacial score (nSPS) is 13.2. The topological polar surface area (TPSA) is 12.0 Å². The fourth-order valence-corrected chi connectivity index (χ4v) is 1.79. The van der Waals surface area contributed by atoms with Crippen molar-refractivity contribution in [3.8, 4) is 0 Å².